The van der Waals surface area contributed by atoms with Crippen molar-refractivity contribution in [1.29, 1.82) is 0 Å². The van der Waals surface area contributed by atoms with Crippen LogP contribution in [0.2, 0.25) is 0 Å². The Bertz CT molecular complexity index is 597. The molecule has 0 unspecified atom stereocenters. The summed E-state index contributed by atoms with van der Waals surface area (Å²) in [6, 6.07) is 3.50. The van der Waals surface area contributed by atoms with Crippen LogP contribution >= 0.6 is 11.3 Å². The Labute approximate surface area is 128 Å². The highest BCUT2D eigenvalue weighted by Gasteiger charge is 2.07. The molecule has 2 heterocycles. The fourth-order valence-corrected chi connectivity index (χ4v) is 2.60. The zero-order chi connectivity index (χ0) is 15.1. The third-order valence-electron chi connectivity index (χ3n) is 2.87. The van der Waals surface area contributed by atoms with E-state index >= 15 is 0 Å². The van der Waals surface area contributed by atoms with E-state index in [-0.39, 0.29) is 5.91 Å². The Morgan fingerprint density at radius 2 is 2.24 bits per heavy atom. The molecule has 0 fully saturated rings. The molecule has 1 amide bonds. The van der Waals surface area contributed by atoms with Crippen LogP contribution in [-0.4, -0.2) is 29.0 Å². The highest BCUT2D eigenvalue weighted by atomic mass is 32.1. The van der Waals surface area contributed by atoms with E-state index in [1.807, 2.05) is 12.3 Å². The van der Waals surface area contributed by atoms with Crippen molar-refractivity contribution in [1.82, 2.24) is 15.3 Å². The van der Waals surface area contributed by atoms with Gasteiger partial charge >= 0.3 is 0 Å². The van der Waals surface area contributed by atoms with Gasteiger partial charge in [0.2, 0.25) is 0 Å². The first kappa shape index (κ1) is 15.4. The molecule has 21 heavy (non-hydrogen) atoms. The molecule has 0 saturated heterocycles. The van der Waals surface area contributed by atoms with Gasteiger partial charge in [0.05, 0.1) is 5.01 Å². The summed E-state index contributed by atoms with van der Waals surface area (Å²) in [5.41, 5.74) is 1.65. The van der Waals surface area contributed by atoms with E-state index in [1.165, 1.54) is 0 Å². The molecule has 0 radical (unpaired) electrons. The van der Waals surface area contributed by atoms with Crippen molar-refractivity contribution in [3.05, 3.63) is 40.0 Å². The summed E-state index contributed by atoms with van der Waals surface area (Å²) < 4.78 is 0. The Hall–Kier alpha value is -1.95. The van der Waals surface area contributed by atoms with Gasteiger partial charge in [0.1, 0.15) is 5.82 Å². The van der Waals surface area contributed by atoms with Crippen molar-refractivity contribution in [2.24, 2.45) is 0 Å². The van der Waals surface area contributed by atoms with Crippen molar-refractivity contribution in [3.63, 3.8) is 0 Å². The molecule has 2 N–H and O–H groups in total. The first-order valence-electron chi connectivity index (χ1n) is 7.08. The van der Waals surface area contributed by atoms with Crippen molar-refractivity contribution in [2.75, 3.05) is 18.4 Å². The smallest absolute Gasteiger partial charge is 0.251 e. The van der Waals surface area contributed by atoms with Crippen LogP contribution in [0.15, 0.2) is 23.7 Å². The summed E-state index contributed by atoms with van der Waals surface area (Å²) in [4.78, 5) is 20.6. The standard InChI is InChI=1S/C15H20N4OS/c1-3-6-16-13-9-12(4-7-17-13)15(20)18-8-5-14-19-11(2)10-21-14/h4,7,9-10H,3,5-6,8H2,1-2H3,(H,16,17)(H,18,20). The van der Waals surface area contributed by atoms with Crippen molar-refractivity contribution < 1.29 is 4.79 Å². The highest BCUT2D eigenvalue weighted by molar-refractivity contribution is 7.09. The van der Waals surface area contributed by atoms with E-state index in [0.29, 0.717) is 12.1 Å². The molecule has 2 aromatic heterocycles. The fourth-order valence-electron chi connectivity index (χ4n) is 1.82. The lowest BCUT2D eigenvalue weighted by molar-refractivity contribution is 0.0954. The zero-order valence-corrected chi connectivity index (χ0v) is 13.2. The van der Waals surface area contributed by atoms with E-state index in [9.17, 15) is 4.79 Å². The lowest BCUT2D eigenvalue weighted by atomic mass is 10.2. The molecular formula is C15H20N4OS. The maximum Gasteiger partial charge on any atom is 0.251 e. The Morgan fingerprint density at radius 1 is 1.38 bits per heavy atom. The molecule has 0 bridgehead atoms. The number of amides is 1. The van der Waals surface area contributed by atoms with Crippen LogP contribution < -0.4 is 10.6 Å². The fraction of sp³-hybridized carbons (Fsp3) is 0.400. The van der Waals surface area contributed by atoms with Crippen LogP contribution in [-0.2, 0) is 6.42 Å². The van der Waals surface area contributed by atoms with Gasteiger partial charge in [-0.1, -0.05) is 6.92 Å². The average molecular weight is 304 g/mol. The molecule has 6 heteroatoms. The van der Waals surface area contributed by atoms with Gasteiger partial charge < -0.3 is 10.6 Å². The second kappa shape index (κ2) is 7.73. The number of aryl methyl sites for hydroxylation is 1. The minimum absolute atomic E-state index is 0.0785. The number of thiazole rings is 1. The number of nitrogens with zero attached hydrogens (tertiary/aromatic N) is 2. The summed E-state index contributed by atoms with van der Waals surface area (Å²) in [6.07, 6.45) is 3.43. The number of carbonyl (C=O) groups excluding carboxylic acids is 1. The normalized spacial score (nSPS) is 10.4. The Morgan fingerprint density at radius 3 is 2.95 bits per heavy atom. The molecule has 5 nitrogen and oxygen atoms in total. The SMILES string of the molecule is CCCNc1cc(C(=O)NCCc2nc(C)cs2)ccn1. The van der Waals surface area contributed by atoms with E-state index in [0.717, 1.165) is 35.9 Å². The van der Waals surface area contributed by atoms with Gasteiger partial charge in [-0.2, -0.15) is 0 Å². The summed E-state index contributed by atoms with van der Waals surface area (Å²) in [6.45, 7) is 5.50. The van der Waals surface area contributed by atoms with Crippen LogP contribution in [0.4, 0.5) is 5.82 Å². The molecule has 112 valence electrons. The van der Waals surface area contributed by atoms with Gasteiger partial charge in [-0.3, -0.25) is 4.79 Å². The lowest BCUT2D eigenvalue weighted by Crippen LogP contribution is -2.25. The van der Waals surface area contributed by atoms with E-state index in [1.54, 1.807) is 29.7 Å². The quantitative estimate of drug-likeness (QED) is 0.825. The van der Waals surface area contributed by atoms with Crippen LogP contribution in [0.5, 0.6) is 0 Å². The second-order valence-electron chi connectivity index (χ2n) is 4.75. The Balaban J connectivity index is 1.85. The van der Waals surface area contributed by atoms with Crippen LogP contribution in [0, 0.1) is 6.92 Å². The number of pyridine rings is 1. The molecule has 0 aliphatic carbocycles. The summed E-state index contributed by atoms with van der Waals surface area (Å²) >= 11 is 1.63. The van der Waals surface area contributed by atoms with Gasteiger partial charge in [0.25, 0.3) is 5.91 Å². The highest BCUT2D eigenvalue weighted by Crippen LogP contribution is 2.09. The third kappa shape index (κ3) is 4.82. The number of aromatic nitrogens is 2. The molecule has 0 aromatic carbocycles. The summed E-state index contributed by atoms with van der Waals surface area (Å²) in [5, 5.41) is 9.16. The number of rotatable bonds is 7. The Kier molecular flexibility index (Phi) is 5.68. The topological polar surface area (TPSA) is 66.9 Å². The van der Waals surface area contributed by atoms with Gasteiger partial charge in [-0.15, -0.1) is 11.3 Å². The van der Waals surface area contributed by atoms with Crippen LogP contribution in [0.3, 0.4) is 0 Å². The first-order chi connectivity index (χ1) is 10.2. The minimum atomic E-state index is -0.0785. The lowest BCUT2D eigenvalue weighted by Gasteiger charge is -2.07. The van der Waals surface area contributed by atoms with Crippen molar-refractivity contribution >= 4 is 23.1 Å². The number of carbonyl (C=O) groups is 1. The molecule has 0 aliphatic rings. The monoisotopic (exact) mass is 304 g/mol. The first-order valence-corrected chi connectivity index (χ1v) is 7.96. The van der Waals surface area contributed by atoms with Gasteiger partial charge in [-0.25, -0.2) is 9.97 Å². The third-order valence-corrected chi connectivity index (χ3v) is 3.90. The van der Waals surface area contributed by atoms with Gasteiger partial charge in [0.15, 0.2) is 0 Å². The molecule has 0 saturated carbocycles. The largest absolute Gasteiger partial charge is 0.370 e. The van der Waals surface area contributed by atoms with Crippen LogP contribution in [0.1, 0.15) is 34.4 Å². The average Bonchev–Trinajstić information content (AvgIpc) is 2.91. The summed E-state index contributed by atoms with van der Waals surface area (Å²) in [7, 11) is 0. The van der Waals surface area contributed by atoms with Crippen molar-refractivity contribution in [3.8, 4) is 0 Å². The molecule has 0 spiro atoms. The number of hydrogen-bond acceptors (Lipinski definition) is 5. The molecule has 0 aliphatic heterocycles. The van der Waals surface area contributed by atoms with Crippen molar-refractivity contribution in [2.45, 2.75) is 26.7 Å². The maximum atomic E-state index is 12.1. The predicted octanol–water partition coefficient (Wildman–Crippen LogP) is 2.64. The zero-order valence-electron chi connectivity index (χ0n) is 12.3. The minimum Gasteiger partial charge on any atom is -0.370 e. The molecule has 2 aromatic rings. The molecule has 0 atom stereocenters. The number of hydrogen-bond donors (Lipinski definition) is 2. The number of nitrogens with one attached hydrogen (secondary N) is 2. The van der Waals surface area contributed by atoms with Gasteiger partial charge in [0, 0.05) is 42.3 Å². The maximum absolute atomic E-state index is 12.1. The van der Waals surface area contributed by atoms with Gasteiger partial charge in [-0.05, 0) is 25.5 Å². The number of anilines is 1. The van der Waals surface area contributed by atoms with E-state index in [4.69, 9.17) is 0 Å². The molecular weight excluding hydrogens is 284 g/mol. The van der Waals surface area contributed by atoms with E-state index in [2.05, 4.69) is 27.5 Å². The van der Waals surface area contributed by atoms with E-state index < -0.39 is 0 Å². The molecule has 2 rings (SSSR count). The predicted molar refractivity (Wildman–Crippen MR) is 85.9 cm³/mol. The summed E-state index contributed by atoms with van der Waals surface area (Å²) in [5.74, 6) is 0.658. The van der Waals surface area contributed by atoms with Crippen LogP contribution in [0.25, 0.3) is 0 Å². The second-order valence-corrected chi connectivity index (χ2v) is 5.69.